The van der Waals surface area contributed by atoms with Gasteiger partial charge in [-0.25, -0.2) is 4.68 Å². The van der Waals surface area contributed by atoms with Gasteiger partial charge in [0.1, 0.15) is 0 Å². The summed E-state index contributed by atoms with van der Waals surface area (Å²) >= 11 is 0. The molecule has 1 aromatic carbocycles. The molecular weight excluding hydrogens is 374 g/mol. The standard InChI is InChI=1S/C20H21N5O4/c1-13-17(18(26)22-12-20(19(27)28)6-9-29-10-7-20)23-24-25(13)16-4-2-3-14-11-21-8-5-15(14)16/h2-5,8,11H,6-7,9-10,12H2,1H3,(H,22,26)(H,27,28). The van der Waals surface area contributed by atoms with E-state index < -0.39 is 17.3 Å². The van der Waals surface area contributed by atoms with E-state index >= 15 is 0 Å². The van der Waals surface area contributed by atoms with Crippen LogP contribution in [0.3, 0.4) is 0 Å². The van der Waals surface area contributed by atoms with Crippen molar-refractivity contribution in [3.8, 4) is 5.69 Å². The maximum atomic E-state index is 12.7. The van der Waals surface area contributed by atoms with Gasteiger partial charge < -0.3 is 15.2 Å². The zero-order valence-electron chi connectivity index (χ0n) is 16.0. The van der Waals surface area contributed by atoms with Gasteiger partial charge in [-0.2, -0.15) is 0 Å². The summed E-state index contributed by atoms with van der Waals surface area (Å²) in [6.45, 7) is 2.52. The number of carbonyl (C=O) groups is 2. The summed E-state index contributed by atoms with van der Waals surface area (Å²) in [5.41, 5.74) is 0.521. The Morgan fingerprint density at radius 2 is 2.07 bits per heavy atom. The van der Waals surface area contributed by atoms with Gasteiger partial charge in [0.25, 0.3) is 5.91 Å². The van der Waals surface area contributed by atoms with Gasteiger partial charge in [0.2, 0.25) is 0 Å². The molecule has 0 aliphatic carbocycles. The maximum absolute atomic E-state index is 12.7. The third-order valence-electron chi connectivity index (χ3n) is 5.49. The van der Waals surface area contributed by atoms with Crippen molar-refractivity contribution in [2.75, 3.05) is 19.8 Å². The molecule has 9 nitrogen and oxygen atoms in total. The average molecular weight is 395 g/mol. The molecule has 1 amide bonds. The van der Waals surface area contributed by atoms with E-state index in [1.54, 1.807) is 24.0 Å². The molecule has 0 bridgehead atoms. The Bertz CT molecular complexity index is 1070. The number of hydrogen-bond acceptors (Lipinski definition) is 6. The number of benzene rings is 1. The van der Waals surface area contributed by atoms with Crippen molar-refractivity contribution in [3.05, 3.63) is 48.0 Å². The largest absolute Gasteiger partial charge is 0.481 e. The molecule has 9 heteroatoms. The van der Waals surface area contributed by atoms with Crippen molar-refractivity contribution in [2.45, 2.75) is 19.8 Å². The SMILES string of the molecule is Cc1c(C(=O)NCC2(C(=O)O)CCOCC2)nnn1-c1cccc2cnccc12. The van der Waals surface area contributed by atoms with Gasteiger partial charge in [0.05, 0.1) is 16.8 Å². The number of nitrogens with zero attached hydrogens (tertiary/aromatic N) is 4. The average Bonchev–Trinajstić information content (AvgIpc) is 3.13. The number of fused-ring (bicyclic) bond motifs is 1. The lowest BCUT2D eigenvalue weighted by molar-refractivity contribution is -0.154. The molecule has 1 aliphatic heterocycles. The van der Waals surface area contributed by atoms with E-state index in [2.05, 4.69) is 20.6 Å². The van der Waals surface area contributed by atoms with Gasteiger partial charge >= 0.3 is 5.97 Å². The van der Waals surface area contributed by atoms with Crippen molar-refractivity contribution in [1.82, 2.24) is 25.3 Å². The molecule has 0 unspecified atom stereocenters. The minimum atomic E-state index is -1.01. The summed E-state index contributed by atoms with van der Waals surface area (Å²) < 4.78 is 6.88. The van der Waals surface area contributed by atoms with E-state index in [4.69, 9.17) is 4.74 Å². The molecule has 3 heterocycles. The number of carboxylic acids is 1. The maximum Gasteiger partial charge on any atom is 0.311 e. The second-order valence-electron chi connectivity index (χ2n) is 7.19. The van der Waals surface area contributed by atoms with Crippen LogP contribution in [-0.4, -0.2) is 56.7 Å². The van der Waals surface area contributed by atoms with Crippen LogP contribution in [0.5, 0.6) is 0 Å². The molecule has 1 fully saturated rings. The Kier molecular flexibility index (Phi) is 4.98. The van der Waals surface area contributed by atoms with E-state index in [0.29, 0.717) is 31.7 Å². The van der Waals surface area contributed by atoms with E-state index in [-0.39, 0.29) is 12.2 Å². The normalized spacial score (nSPS) is 15.9. The molecule has 2 aromatic heterocycles. The number of aromatic nitrogens is 4. The summed E-state index contributed by atoms with van der Waals surface area (Å²) in [5, 5.41) is 22.5. The van der Waals surface area contributed by atoms with E-state index in [1.807, 2.05) is 24.3 Å². The fourth-order valence-electron chi connectivity index (χ4n) is 3.62. The number of amides is 1. The highest BCUT2D eigenvalue weighted by molar-refractivity contribution is 5.94. The molecule has 2 N–H and O–H groups in total. The number of carboxylic acid groups (broad SMARTS) is 1. The topological polar surface area (TPSA) is 119 Å². The first-order valence-corrected chi connectivity index (χ1v) is 9.37. The summed E-state index contributed by atoms with van der Waals surface area (Å²) in [5.74, 6) is -1.37. The first-order valence-electron chi connectivity index (χ1n) is 9.37. The van der Waals surface area contributed by atoms with Gasteiger partial charge in [-0.15, -0.1) is 5.10 Å². The Morgan fingerprint density at radius 1 is 1.28 bits per heavy atom. The van der Waals surface area contributed by atoms with Crippen molar-refractivity contribution in [1.29, 1.82) is 0 Å². The van der Waals surface area contributed by atoms with Crippen LogP contribution in [0.4, 0.5) is 0 Å². The number of ether oxygens (including phenoxy) is 1. The minimum Gasteiger partial charge on any atom is -0.481 e. The fourth-order valence-corrected chi connectivity index (χ4v) is 3.62. The quantitative estimate of drug-likeness (QED) is 0.675. The Balaban J connectivity index is 1.58. The molecule has 29 heavy (non-hydrogen) atoms. The minimum absolute atomic E-state index is 0.0246. The van der Waals surface area contributed by atoms with Crippen LogP contribution in [0.1, 0.15) is 29.0 Å². The van der Waals surface area contributed by atoms with Crippen molar-refractivity contribution >= 4 is 22.6 Å². The van der Waals surface area contributed by atoms with Crippen LogP contribution in [0.15, 0.2) is 36.7 Å². The lowest BCUT2D eigenvalue weighted by Gasteiger charge is -2.33. The second kappa shape index (κ2) is 7.59. The molecule has 0 atom stereocenters. The first-order chi connectivity index (χ1) is 14.0. The van der Waals surface area contributed by atoms with Crippen molar-refractivity contribution < 1.29 is 19.4 Å². The molecule has 3 aromatic rings. The lowest BCUT2D eigenvalue weighted by atomic mass is 9.80. The number of aliphatic carboxylic acids is 1. The number of carbonyl (C=O) groups excluding carboxylic acids is 1. The Hall–Kier alpha value is -3.33. The summed E-state index contributed by atoms with van der Waals surface area (Å²) in [6.07, 6.45) is 4.18. The molecule has 4 rings (SSSR count). The second-order valence-corrected chi connectivity index (χ2v) is 7.19. The third kappa shape index (κ3) is 3.44. The monoisotopic (exact) mass is 395 g/mol. The first kappa shape index (κ1) is 19.0. The molecular formula is C20H21N5O4. The summed E-state index contributed by atoms with van der Waals surface area (Å²) in [7, 11) is 0. The number of pyridine rings is 1. The van der Waals surface area contributed by atoms with Crippen LogP contribution in [0.25, 0.3) is 16.5 Å². The molecule has 1 aliphatic rings. The van der Waals surface area contributed by atoms with Gasteiger partial charge in [0.15, 0.2) is 5.69 Å². The van der Waals surface area contributed by atoms with E-state index in [1.165, 1.54) is 0 Å². The lowest BCUT2D eigenvalue weighted by Crippen LogP contribution is -2.46. The zero-order chi connectivity index (χ0) is 20.4. The highest BCUT2D eigenvalue weighted by atomic mass is 16.5. The van der Waals surface area contributed by atoms with Crippen molar-refractivity contribution in [3.63, 3.8) is 0 Å². The summed E-state index contributed by atoms with van der Waals surface area (Å²) in [6, 6.07) is 7.62. The van der Waals surface area contributed by atoms with Gasteiger partial charge in [-0.1, -0.05) is 17.3 Å². The molecule has 150 valence electrons. The van der Waals surface area contributed by atoms with Crippen LogP contribution in [-0.2, 0) is 9.53 Å². The van der Waals surface area contributed by atoms with E-state index in [0.717, 1.165) is 16.5 Å². The van der Waals surface area contributed by atoms with Gasteiger partial charge in [0, 0.05) is 42.9 Å². The molecule has 0 radical (unpaired) electrons. The van der Waals surface area contributed by atoms with Gasteiger partial charge in [-0.3, -0.25) is 14.6 Å². The predicted octanol–water partition coefficient (Wildman–Crippen LogP) is 1.74. The number of hydrogen-bond donors (Lipinski definition) is 2. The Labute approximate surface area is 166 Å². The van der Waals surface area contributed by atoms with Crippen LogP contribution in [0.2, 0.25) is 0 Å². The summed E-state index contributed by atoms with van der Waals surface area (Å²) in [4.78, 5) is 28.6. The van der Waals surface area contributed by atoms with Crippen molar-refractivity contribution in [2.24, 2.45) is 5.41 Å². The van der Waals surface area contributed by atoms with E-state index in [9.17, 15) is 14.7 Å². The zero-order valence-corrected chi connectivity index (χ0v) is 16.0. The van der Waals surface area contributed by atoms with Crippen LogP contribution in [0, 0.1) is 12.3 Å². The smallest absolute Gasteiger partial charge is 0.311 e. The number of rotatable bonds is 5. The highest BCUT2D eigenvalue weighted by Crippen LogP contribution is 2.30. The van der Waals surface area contributed by atoms with Crippen LogP contribution < -0.4 is 5.32 Å². The van der Waals surface area contributed by atoms with Gasteiger partial charge in [-0.05, 0) is 31.9 Å². The fraction of sp³-hybridized carbons (Fsp3) is 0.350. The molecule has 0 spiro atoms. The third-order valence-corrected chi connectivity index (χ3v) is 5.49. The molecule has 0 saturated carbocycles. The Morgan fingerprint density at radius 3 is 2.83 bits per heavy atom. The molecule has 1 saturated heterocycles. The highest BCUT2D eigenvalue weighted by Gasteiger charge is 2.40. The van der Waals surface area contributed by atoms with Crippen LogP contribution >= 0.6 is 0 Å². The predicted molar refractivity (Wildman–Crippen MR) is 104 cm³/mol. The number of nitrogens with one attached hydrogen (secondary N) is 1.